The van der Waals surface area contributed by atoms with Gasteiger partial charge in [-0.25, -0.2) is 0 Å². The van der Waals surface area contributed by atoms with Crippen LogP contribution in [0.4, 0.5) is 5.69 Å². The number of hydrogen-bond acceptors (Lipinski definition) is 5. The van der Waals surface area contributed by atoms with Crippen LogP contribution in [0.5, 0.6) is 11.5 Å². The van der Waals surface area contributed by atoms with E-state index in [1.54, 1.807) is 27.2 Å². The number of aryl methyl sites for hydroxylation is 2. The van der Waals surface area contributed by atoms with Crippen LogP contribution in [0.3, 0.4) is 0 Å². The van der Waals surface area contributed by atoms with E-state index in [4.69, 9.17) is 14.2 Å². The van der Waals surface area contributed by atoms with E-state index in [0.717, 1.165) is 22.4 Å². The molecule has 0 aliphatic carbocycles. The first kappa shape index (κ1) is 23.3. The van der Waals surface area contributed by atoms with Crippen LogP contribution in [0.1, 0.15) is 49.8 Å². The fourth-order valence-electron chi connectivity index (χ4n) is 3.16. The summed E-state index contributed by atoms with van der Waals surface area (Å²) in [5, 5.41) is 2.92. The molecule has 0 unspecified atom stereocenters. The molecule has 0 aliphatic rings. The fraction of sp³-hybridized carbons (Fsp3) is 0.417. The molecule has 1 atom stereocenters. The van der Waals surface area contributed by atoms with Gasteiger partial charge < -0.3 is 19.5 Å². The normalized spacial score (nSPS) is 11.7. The van der Waals surface area contributed by atoms with Crippen LogP contribution in [-0.4, -0.2) is 32.2 Å². The number of benzene rings is 2. The van der Waals surface area contributed by atoms with Crippen molar-refractivity contribution < 1.29 is 23.8 Å². The van der Waals surface area contributed by atoms with Crippen LogP contribution in [0.25, 0.3) is 0 Å². The number of methoxy groups -OCH3 is 2. The average molecular weight is 414 g/mol. The van der Waals surface area contributed by atoms with Gasteiger partial charge in [-0.1, -0.05) is 38.1 Å². The molecular weight excluding hydrogens is 382 g/mol. The third-order valence-corrected chi connectivity index (χ3v) is 4.92. The van der Waals surface area contributed by atoms with Crippen molar-refractivity contribution >= 4 is 17.6 Å². The highest BCUT2D eigenvalue weighted by atomic mass is 16.5. The molecule has 0 bridgehead atoms. The van der Waals surface area contributed by atoms with Crippen LogP contribution < -0.4 is 14.8 Å². The predicted octanol–water partition coefficient (Wildman–Crippen LogP) is 4.64. The molecule has 2 aromatic rings. The van der Waals surface area contributed by atoms with E-state index >= 15 is 0 Å². The minimum atomic E-state index is -0.887. The van der Waals surface area contributed by atoms with Crippen molar-refractivity contribution in [3.8, 4) is 11.5 Å². The number of nitrogens with one attached hydrogen (secondary N) is 1. The van der Waals surface area contributed by atoms with Crippen LogP contribution in [0, 0.1) is 6.92 Å². The lowest BCUT2D eigenvalue weighted by atomic mass is 9.98. The lowest BCUT2D eigenvalue weighted by Gasteiger charge is -2.19. The second-order valence-corrected chi connectivity index (χ2v) is 7.50. The van der Waals surface area contributed by atoms with Crippen molar-refractivity contribution in [3.63, 3.8) is 0 Å². The van der Waals surface area contributed by atoms with Crippen LogP contribution in [0.2, 0.25) is 0 Å². The summed E-state index contributed by atoms with van der Waals surface area (Å²) < 4.78 is 15.8. The van der Waals surface area contributed by atoms with E-state index in [1.165, 1.54) is 0 Å². The number of amides is 1. The first-order valence-corrected chi connectivity index (χ1v) is 10.1. The maximum absolute atomic E-state index is 12.6. The highest BCUT2D eigenvalue weighted by Crippen LogP contribution is 2.29. The van der Waals surface area contributed by atoms with Gasteiger partial charge in [0.25, 0.3) is 5.91 Å². The minimum Gasteiger partial charge on any atom is -0.493 e. The fourth-order valence-corrected chi connectivity index (χ4v) is 3.16. The SMILES string of the molecule is COc1ccc(CCC(=O)O[C@@H](C)C(=O)Nc2c(C)cccc2C(C)C)cc1OC. The van der Waals surface area contributed by atoms with Crippen LogP contribution >= 0.6 is 0 Å². The van der Waals surface area contributed by atoms with E-state index in [2.05, 4.69) is 19.2 Å². The number of hydrogen-bond donors (Lipinski definition) is 1. The molecule has 2 aromatic carbocycles. The summed E-state index contributed by atoms with van der Waals surface area (Å²) in [4.78, 5) is 24.8. The second-order valence-electron chi connectivity index (χ2n) is 7.50. The van der Waals surface area contributed by atoms with Gasteiger partial charge in [0.1, 0.15) is 0 Å². The highest BCUT2D eigenvalue weighted by molar-refractivity contribution is 5.96. The first-order valence-electron chi connectivity index (χ1n) is 10.1. The van der Waals surface area contributed by atoms with Gasteiger partial charge in [0.05, 0.1) is 14.2 Å². The molecule has 6 heteroatoms. The Kier molecular flexibility index (Phi) is 8.27. The number of ether oxygens (including phenoxy) is 3. The lowest BCUT2D eigenvalue weighted by Crippen LogP contribution is -2.30. The van der Waals surface area contributed by atoms with Gasteiger partial charge in [0, 0.05) is 12.1 Å². The Morgan fingerprint density at radius 1 is 1.00 bits per heavy atom. The Morgan fingerprint density at radius 2 is 1.70 bits per heavy atom. The monoisotopic (exact) mass is 413 g/mol. The Bertz CT molecular complexity index is 891. The van der Waals surface area contributed by atoms with E-state index in [0.29, 0.717) is 17.9 Å². The summed E-state index contributed by atoms with van der Waals surface area (Å²) in [5.41, 5.74) is 3.73. The lowest BCUT2D eigenvalue weighted by molar-refractivity contribution is -0.153. The Balaban J connectivity index is 1.94. The Hall–Kier alpha value is -3.02. The third kappa shape index (κ3) is 5.99. The zero-order valence-electron chi connectivity index (χ0n) is 18.6. The van der Waals surface area contributed by atoms with Gasteiger partial charge in [-0.2, -0.15) is 0 Å². The van der Waals surface area contributed by atoms with Gasteiger partial charge in [-0.15, -0.1) is 0 Å². The van der Waals surface area contributed by atoms with Gasteiger partial charge >= 0.3 is 5.97 Å². The molecule has 0 saturated heterocycles. The molecular formula is C24H31NO5. The largest absolute Gasteiger partial charge is 0.493 e. The van der Waals surface area contributed by atoms with Crippen molar-refractivity contribution in [2.24, 2.45) is 0 Å². The zero-order chi connectivity index (χ0) is 22.3. The topological polar surface area (TPSA) is 73.9 Å². The number of rotatable bonds is 9. The third-order valence-electron chi connectivity index (χ3n) is 4.92. The van der Waals surface area contributed by atoms with Crippen molar-refractivity contribution in [1.29, 1.82) is 0 Å². The van der Waals surface area contributed by atoms with Crippen molar-refractivity contribution in [1.82, 2.24) is 0 Å². The number of carbonyl (C=O) groups is 2. The van der Waals surface area contributed by atoms with Crippen LogP contribution in [0.15, 0.2) is 36.4 Å². The standard InChI is InChI=1S/C24H31NO5/c1-15(2)19-9-7-8-16(3)23(19)25-24(27)17(4)30-22(26)13-11-18-10-12-20(28-5)21(14-18)29-6/h7-10,12,14-15,17H,11,13H2,1-6H3,(H,25,27)/t17-/m0/s1. The Labute approximate surface area is 178 Å². The van der Waals surface area contributed by atoms with Gasteiger partial charge in [0.15, 0.2) is 17.6 Å². The molecule has 1 amide bonds. The van der Waals surface area contributed by atoms with Gasteiger partial charge in [-0.05, 0) is 55.0 Å². The van der Waals surface area contributed by atoms with E-state index in [1.807, 2.05) is 37.3 Å². The van der Waals surface area contributed by atoms with Crippen molar-refractivity contribution in [3.05, 3.63) is 53.1 Å². The maximum atomic E-state index is 12.6. The zero-order valence-corrected chi connectivity index (χ0v) is 18.6. The minimum absolute atomic E-state index is 0.161. The predicted molar refractivity (Wildman–Crippen MR) is 117 cm³/mol. The summed E-state index contributed by atoms with van der Waals surface area (Å²) in [6.45, 7) is 7.67. The Morgan fingerprint density at radius 3 is 2.33 bits per heavy atom. The molecule has 6 nitrogen and oxygen atoms in total. The summed E-state index contributed by atoms with van der Waals surface area (Å²) in [6, 6.07) is 11.4. The highest BCUT2D eigenvalue weighted by Gasteiger charge is 2.20. The molecule has 1 N–H and O–H groups in total. The van der Waals surface area contributed by atoms with E-state index in [-0.39, 0.29) is 18.2 Å². The van der Waals surface area contributed by atoms with Crippen LogP contribution in [-0.2, 0) is 20.7 Å². The number of esters is 1. The summed E-state index contributed by atoms with van der Waals surface area (Å²) in [6.07, 6.45) is -0.250. The van der Waals surface area contributed by atoms with Crippen molar-refractivity contribution in [2.75, 3.05) is 19.5 Å². The molecule has 0 aromatic heterocycles. The summed E-state index contributed by atoms with van der Waals surface area (Å²) in [5.74, 6) is 0.730. The van der Waals surface area contributed by atoms with Gasteiger partial charge in [0.2, 0.25) is 0 Å². The number of para-hydroxylation sites is 1. The molecule has 0 radical (unpaired) electrons. The van der Waals surface area contributed by atoms with Crippen molar-refractivity contribution in [2.45, 2.75) is 52.6 Å². The molecule has 0 saturated carbocycles. The van der Waals surface area contributed by atoms with E-state index in [9.17, 15) is 9.59 Å². The maximum Gasteiger partial charge on any atom is 0.306 e. The number of carbonyl (C=O) groups excluding carboxylic acids is 2. The molecule has 0 spiro atoms. The first-order chi connectivity index (χ1) is 14.3. The van der Waals surface area contributed by atoms with Gasteiger partial charge in [-0.3, -0.25) is 9.59 Å². The molecule has 0 fully saturated rings. The molecule has 0 aliphatic heterocycles. The smallest absolute Gasteiger partial charge is 0.306 e. The molecule has 0 heterocycles. The summed E-state index contributed by atoms with van der Waals surface area (Å²) in [7, 11) is 3.14. The number of anilines is 1. The summed E-state index contributed by atoms with van der Waals surface area (Å²) >= 11 is 0. The molecule has 30 heavy (non-hydrogen) atoms. The molecule has 2 rings (SSSR count). The average Bonchev–Trinajstić information content (AvgIpc) is 2.72. The quantitative estimate of drug-likeness (QED) is 0.606. The van der Waals surface area contributed by atoms with E-state index < -0.39 is 12.1 Å². The molecule has 162 valence electrons. The second kappa shape index (κ2) is 10.7.